The standard InChI is InChI=1S/C73H132O6/c1-4-7-10-13-16-19-22-25-28-31-33-35-36-38-39-42-45-48-51-54-57-60-63-66-72(75)78-69-70(68-77-71(74)65-62-59-56-53-50-47-44-41-30-27-24-21-18-15-12-9-6-3)79-73(76)67-64-61-58-55-52-49-46-43-40-37-34-32-29-26-23-20-17-14-11-8-5-2/h18,21-22,25,27,30-31,33,36,38,70H,4-17,19-20,23-24,26,28-29,32,34-35,37,39-69H2,1-3H3/b21-18-,25-22-,30-27-,33-31-,38-36-. The summed E-state index contributed by atoms with van der Waals surface area (Å²) in [7, 11) is 0. The summed E-state index contributed by atoms with van der Waals surface area (Å²) in [4.78, 5) is 38.5. The van der Waals surface area contributed by atoms with Crippen LogP contribution >= 0.6 is 0 Å². The number of hydrogen-bond donors (Lipinski definition) is 0. The quantitative estimate of drug-likeness (QED) is 0.0261. The number of carbonyl (C=O) groups excluding carboxylic acids is 3. The van der Waals surface area contributed by atoms with Gasteiger partial charge in [0.2, 0.25) is 0 Å². The summed E-state index contributed by atoms with van der Waals surface area (Å²) in [6.07, 6.45) is 86.6. The van der Waals surface area contributed by atoms with Crippen LogP contribution in [0.4, 0.5) is 0 Å². The molecule has 0 aromatic heterocycles. The van der Waals surface area contributed by atoms with E-state index in [2.05, 4.69) is 81.5 Å². The van der Waals surface area contributed by atoms with Gasteiger partial charge in [-0.2, -0.15) is 0 Å². The normalized spacial score (nSPS) is 12.4. The molecule has 0 aromatic rings. The Morgan fingerprint density at radius 2 is 0.456 bits per heavy atom. The third-order valence-electron chi connectivity index (χ3n) is 15.5. The average Bonchev–Trinajstić information content (AvgIpc) is 3.45. The lowest BCUT2D eigenvalue weighted by Crippen LogP contribution is -2.30. The van der Waals surface area contributed by atoms with E-state index >= 15 is 0 Å². The van der Waals surface area contributed by atoms with Crippen LogP contribution in [0.1, 0.15) is 367 Å². The van der Waals surface area contributed by atoms with Gasteiger partial charge in [-0.25, -0.2) is 0 Å². The molecule has 0 saturated carbocycles. The van der Waals surface area contributed by atoms with E-state index in [0.717, 1.165) is 89.9 Å². The molecule has 6 nitrogen and oxygen atoms in total. The van der Waals surface area contributed by atoms with Crippen LogP contribution in [0.5, 0.6) is 0 Å². The summed E-state index contributed by atoms with van der Waals surface area (Å²) in [5.41, 5.74) is 0. The number of hydrogen-bond acceptors (Lipinski definition) is 6. The highest BCUT2D eigenvalue weighted by atomic mass is 16.6. The van der Waals surface area contributed by atoms with E-state index in [-0.39, 0.29) is 31.1 Å². The van der Waals surface area contributed by atoms with Crippen LogP contribution in [0, 0.1) is 0 Å². The summed E-state index contributed by atoms with van der Waals surface area (Å²) in [5.74, 6) is -0.868. The predicted octanol–water partition coefficient (Wildman–Crippen LogP) is 23.9. The van der Waals surface area contributed by atoms with Crippen molar-refractivity contribution >= 4 is 17.9 Å². The van der Waals surface area contributed by atoms with E-state index in [1.54, 1.807) is 0 Å². The Labute approximate surface area is 491 Å². The molecule has 0 aliphatic heterocycles. The molecule has 0 rings (SSSR count). The number of carbonyl (C=O) groups is 3. The Bertz CT molecular complexity index is 1410. The van der Waals surface area contributed by atoms with Gasteiger partial charge in [0.05, 0.1) is 0 Å². The van der Waals surface area contributed by atoms with Gasteiger partial charge in [0.25, 0.3) is 0 Å². The van der Waals surface area contributed by atoms with Crippen molar-refractivity contribution in [1.82, 2.24) is 0 Å². The summed E-state index contributed by atoms with van der Waals surface area (Å²) >= 11 is 0. The predicted molar refractivity (Wildman–Crippen MR) is 344 cm³/mol. The van der Waals surface area contributed by atoms with E-state index in [4.69, 9.17) is 14.2 Å². The molecule has 0 aliphatic carbocycles. The third-order valence-corrected chi connectivity index (χ3v) is 15.5. The van der Waals surface area contributed by atoms with E-state index in [1.807, 2.05) is 0 Å². The molecule has 6 heteroatoms. The summed E-state index contributed by atoms with van der Waals surface area (Å²) in [6.45, 7) is 6.65. The van der Waals surface area contributed by atoms with E-state index < -0.39 is 6.10 Å². The van der Waals surface area contributed by atoms with Crippen molar-refractivity contribution in [3.05, 3.63) is 60.8 Å². The van der Waals surface area contributed by atoms with Crippen molar-refractivity contribution in [3.8, 4) is 0 Å². The second kappa shape index (κ2) is 67.6. The van der Waals surface area contributed by atoms with Gasteiger partial charge in [-0.3, -0.25) is 14.4 Å². The number of ether oxygens (including phenoxy) is 3. The summed E-state index contributed by atoms with van der Waals surface area (Å²) in [6, 6.07) is 0. The molecule has 0 amide bonds. The Hall–Kier alpha value is -2.89. The van der Waals surface area contributed by atoms with Crippen molar-refractivity contribution in [2.24, 2.45) is 0 Å². The summed E-state index contributed by atoms with van der Waals surface area (Å²) in [5, 5.41) is 0. The first-order valence-corrected chi connectivity index (χ1v) is 34.8. The first-order chi connectivity index (χ1) is 39.0. The van der Waals surface area contributed by atoms with Crippen molar-refractivity contribution in [2.45, 2.75) is 374 Å². The van der Waals surface area contributed by atoms with Crippen molar-refractivity contribution in [1.29, 1.82) is 0 Å². The molecular weight excluding hydrogens is 973 g/mol. The fourth-order valence-electron chi connectivity index (χ4n) is 10.2. The van der Waals surface area contributed by atoms with Crippen LogP contribution in [-0.2, 0) is 28.6 Å². The largest absolute Gasteiger partial charge is 0.462 e. The van der Waals surface area contributed by atoms with E-state index in [0.29, 0.717) is 19.3 Å². The Balaban J connectivity index is 4.35. The maximum Gasteiger partial charge on any atom is 0.306 e. The van der Waals surface area contributed by atoms with Gasteiger partial charge in [0.1, 0.15) is 13.2 Å². The van der Waals surface area contributed by atoms with Crippen LogP contribution < -0.4 is 0 Å². The molecule has 79 heavy (non-hydrogen) atoms. The number of allylic oxidation sites excluding steroid dienone is 10. The smallest absolute Gasteiger partial charge is 0.306 e. The second-order valence-corrected chi connectivity index (χ2v) is 23.4. The first kappa shape index (κ1) is 76.1. The summed E-state index contributed by atoms with van der Waals surface area (Å²) < 4.78 is 17.0. The monoisotopic (exact) mass is 1110 g/mol. The maximum atomic E-state index is 13.0. The van der Waals surface area contributed by atoms with Crippen LogP contribution in [0.2, 0.25) is 0 Å². The fraction of sp³-hybridized carbons (Fsp3) is 0.822. The lowest BCUT2D eigenvalue weighted by atomic mass is 10.0. The van der Waals surface area contributed by atoms with E-state index in [9.17, 15) is 14.4 Å². The van der Waals surface area contributed by atoms with Crippen LogP contribution in [0.3, 0.4) is 0 Å². The van der Waals surface area contributed by atoms with Crippen molar-refractivity contribution < 1.29 is 28.6 Å². The topological polar surface area (TPSA) is 78.9 Å². The molecule has 0 N–H and O–H groups in total. The highest BCUT2D eigenvalue weighted by molar-refractivity contribution is 5.71. The lowest BCUT2D eigenvalue weighted by molar-refractivity contribution is -0.167. The molecule has 0 saturated heterocycles. The highest BCUT2D eigenvalue weighted by Gasteiger charge is 2.19. The Morgan fingerprint density at radius 1 is 0.253 bits per heavy atom. The van der Waals surface area contributed by atoms with Crippen LogP contribution in [0.25, 0.3) is 0 Å². The van der Waals surface area contributed by atoms with Gasteiger partial charge < -0.3 is 14.2 Å². The number of esters is 3. The van der Waals surface area contributed by atoms with Crippen LogP contribution in [0.15, 0.2) is 60.8 Å². The zero-order valence-electron chi connectivity index (χ0n) is 52.9. The molecule has 0 aromatic carbocycles. The molecule has 0 spiro atoms. The molecular formula is C73H132O6. The number of unbranched alkanes of at least 4 members (excludes halogenated alkanes) is 43. The minimum atomic E-state index is -0.781. The van der Waals surface area contributed by atoms with Gasteiger partial charge in [-0.15, -0.1) is 0 Å². The molecule has 0 heterocycles. The van der Waals surface area contributed by atoms with Gasteiger partial charge in [0, 0.05) is 19.3 Å². The molecule has 0 radical (unpaired) electrons. The Kier molecular flexibility index (Phi) is 65.1. The highest BCUT2D eigenvalue weighted by Crippen LogP contribution is 2.18. The molecule has 1 unspecified atom stereocenters. The van der Waals surface area contributed by atoms with Gasteiger partial charge >= 0.3 is 17.9 Å². The fourth-order valence-corrected chi connectivity index (χ4v) is 10.2. The molecule has 0 fully saturated rings. The SMILES string of the molecule is CCCCC/C=C\C/C=C\CCCCCCCCCC(=O)OCC(COC(=O)CCCCCCCCCC/C=C\C/C=C\C/C=C\CCCCCCC)OC(=O)CCCCCCCCCCCCCCCCCCCCCCC. The molecule has 0 aliphatic rings. The molecule has 1 atom stereocenters. The zero-order valence-corrected chi connectivity index (χ0v) is 52.9. The second-order valence-electron chi connectivity index (χ2n) is 23.4. The first-order valence-electron chi connectivity index (χ1n) is 34.8. The maximum absolute atomic E-state index is 13.0. The Morgan fingerprint density at radius 3 is 0.734 bits per heavy atom. The lowest BCUT2D eigenvalue weighted by Gasteiger charge is -2.18. The molecule has 0 bridgehead atoms. The molecule has 460 valence electrons. The van der Waals surface area contributed by atoms with Gasteiger partial charge in [0.15, 0.2) is 6.10 Å². The van der Waals surface area contributed by atoms with E-state index in [1.165, 1.54) is 238 Å². The van der Waals surface area contributed by atoms with Crippen LogP contribution in [-0.4, -0.2) is 37.2 Å². The van der Waals surface area contributed by atoms with Crippen molar-refractivity contribution in [2.75, 3.05) is 13.2 Å². The van der Waals surface area contributed by atoms with Crippen molar-refractivity contribution in [3.63, 3.8) is 0 Å². The average molecular weight is 1110 g/mol. The number of rotatable bonds is 64. The minimum absolute atomic E-state index is 0.0774. The van der Waals surface area contributed by atoms with Gasteiger partial charge in [-0.05, 0) is 89.9 Å². The zero-order chi connectivity index (χ0) is 57.1. The van der Waals surface area contributed by atoms with Gasteiger partial charge in [-0.1, -0.05) is 319 Å². The third kappa shape index (κ3) is 65.8. The minimum Gasteiger partial charge on any atom is -0.462 e.